The smallest absolute Gasteiger partial charge is 0.149 e. The topological polar surface area (TPSA) is 29.5 Å². The molecule has 2 nitrogen and oxygen atoms in total. The molecule has 0 radical (unpaired) electrons. The molecule has 1 atom stereocenters. The van der Waals surface area contributed by atoms with Crippen LogP contribution in [0.25, 0.3) is 11.6 Å². The van der Waals surface area contributed by atoms with E-state index in [1.165, 1.54) is 5.46 Å². The molecule has 1 unspecified atom stereocenters. The fourth-order valence-corrected chi connectivity index (χ4v) is 3.22. The van der Waals surface area contributed by atoms with E-state index in [0.29, 0.717) is 5.75 Å². The van der Waals surface area contributed by atoms with Crippen LogP contribution in [0.3, 0.4) is 0 Å². The fraction of sp³-hybridized carbons (Fsp3) is 0.0476. The quantitative estimate of drug-likeness (QED) is 0.751. The van der Waals surface area contributed by atoms with Crippen molar-refractivity contribution in [2.75, 3.05) is 0 Å². The first kappa shape index (κ1) is 15.6. The molecule has 0 aliphatic carbocycles. The summed E-state index contributed by atoms with van der Waals surface area (Å²) < 4.78 is 6.31. The Morgan fingerprint density at radius 3 is 2.40 bits per heavy atom. The Labute approximate surface area is 149 Å². The molecule has 0 spiro atoms. The molecule has 1 heterocycles. The minimum atomic E-state index is -0.192. The van der Waals surface area contributed by atoms with Crippen molar-refractivity contribution in [3.05, 3.63) is 89.5 Å². The van der Waals surface area contributed by atoms with E-state index < -0.39 is 0 Å². The van der Waals surface area contributed by atoms with Gasteiger partial charge in [0.1, 0.15) is 24.8 Å². The van der Waals surface area contributed by atoms with E-state index in [1.54, 1.807) is 12.1 Å². The molecule has 0 aromatic heterocycles. The molecule has 4 heteroatoms. The Bertz CT molecular complexity index is 918. The van der Waals surface area contributed by atoms with Crippen molar-refractivity contribution in [3.8, 4) is 11.5 Å². The number of hydrogen-bond acceptors (Lipinski definition) is 2. The minimum Gasteiger partial charge on any atom is -0.508 e. The second kappa shape index (κ2) is 6.56. The van der Waals surface area contributed by atoms with Crippen molar-refractivity contribution in [1.29, 1.82) is 0 Å². The van der Waals surface area contributed by atoms with Crippen molar-refractivity contribution in [2.45, 2.75) is 6.10 Å². The normalized spacial score (nSPS) is 15.7. The number of fused-ring (bicyclic) bond motifs is 1. The van der Waals surface area contributed by atoms with Crippen LogP contribution in [0.2, 0.25) is 0 Å². The lowest BCUT2D eigenvalue weighted by Gasteiger charge is -2.28. The first-order valence-electron chi connectivity index (χ1n) is 8.60. The van der Waals surface area contributed by atoms with Gasteiger partial charge in [0.05, 0.1) is 7.74 Å². The Morgan fingerprint density at radius 1 is 0.920 bits per heavy atom. The summed E-state index contributed by atoms with van der Waals surface area (Å²) in [6, 6.07) is 24.1. The van der Waals surface area contributed by atoms with E-state index >= 15 is 0 Å². The Morgan fingerprint density at radius 2 is 1.68 bits per heavy atom. The summed E-state index contributed by atoms with van der Waals surface area (Å²) in [5, 5.41) is 9.80. The highest BCUT2D eigenvalue weighted by Gasteiger charge is 2.25. The zero-order valence-electron chi connectivity index (χ0n) is 14.1. The molecule has 0 fully saturated rings. The minimum absolute atomic E-state index is 0.192. The average molecular weight is 324 g/mol. The molecule has 120 valence electrons. The standard InChI is InChI=1S/C21H18B2O2/c22-23-17-9-6-15(7-10-17)21-19(14-4-2-1-3-5-14)12-16-8-11-18(24)13-20(16)25-21/h1-13,21,23-24H,22H2. The molecule has 3 aromatic carbocycles. The zero-order chi connectivity index (χ0) is 17.2. The van der Waals surface area contributed by atoms with Crippen LogP contribution in [0, 0.1) is 0 Å². The molecule has 1 aliphatic heterocycles. The van der Waals surface area contributed by atoms with E-state index in [2.05, 4.69) is 50.2 Å². The molecule has 25 heavy (non-hydrogen) atoms. The van der Waals surface area contributed by atoms with Gasteiger partial charge in [0.25, 0.3) is 0 Å². The Hall–Kier alpha value is -2.87. The predicted molar refractivity (Wildman–Crippen MR) is 108 cm³/mol. The molecule has 4 rings (SSSR count). The van der Waals surface area contributed by atoms with Gasteiger partial charge in [-0.05, 0) is 29.3 Å². The Kier molecular flexibility index (Phi) is 4.10. The van der Waals surface area contributed by atoms with Crippen LogP contribution < -0.4 is 10.2 Å². The number of benzene rings is 3. The van der Waals surface area contributed by atoms with Crippen molar-refractivity contribution in [2.24, 2.45) is 0 Å². The van der Waals surface area contributed by atoms with Gasteiger partial charge < -0.3 is 9.84 Å². The van der Waals surface area contributed by atoms with E-state index in [-0.39, 0.29) is 11.9 Å². The number of hydrogen-bond donors (Lipinski definition) is 1. The molecular formula is C21H18B2O2. The van der Waals surface area contributed by atoms with Crippen LogP contribution in [0.15, 0.2) is 72.8 Å². The molecule has 3 aromatic rings. The van der Waals surface area contributed by atoms with Gasteiger partial charge in [0, 0.05) is 17.2 Å². The monoisotopic (exact) mass is 324 g/mol. The van der Waals surface area contributed by atoms with Gasteiger partial charge in [-0.2, -0.15) is 0 Å². The lowest BCUT2D eigenvalue weighted by Crippen LogP contribution is -2.17. The highest BCUT2D eigenvalue weighted by Crippen LogP contribution is 2.42. The molecule has 1 aliphatic rings. The van der Waals surface area contributed by atoms with Gasteiger partial charge in [-0.1, -0.05) is 60.1 Å². The van der Waals surface area contributed by atoms with Crippen LogP contribution in [0.4, 0.5) is 0 Å². The van der Waals surface area contributed by atoms with E-state index in [9.17, 15) is 5.11 Å². The van der Waals surface area contributed by atoms with E-state index in [4.69, 9.17) is 4.74 Å². The summed E-state index contributed by atoms with van der Waals surface area (Å²) in [6.45, 7) is 0. The number of phenolic OH excluding ortho intramolecular Hbond substituents is 1. The van der Waals surface area contributed by atoms with Gasteiger partial charge in [0.15, 0.2) is 0 Å². The molecule has 0 amide bonds. The summed E-state index contributed by atoms with van der Waals surface area (Å²) in [7, 11) is 3.17. The van der Waals surface area contributed by atoms with Gasteiger partial charge in [-0.25, -0.2) is 0 Å². The van der Waals surface area contributed by atoms with Gasteiger partial charge in [-0.3, -0.25) is 0 Å². The van der Waals surface area contributed by atoms with Crippen LogP contribution in [0.5, 0.6) is 11.5 Å². The van der Waals surface area contributed by atoms with Crippen molar-refractivity contribution in [1.82, 2.24) is 0 Å². The fourth-order valence-electron chi connectivity index (χ4n) is 3.22. The maximum absolute atomic E-state index is 9.80. The zero-order valence-corrected chi connectivity index (χ0v) is 14.1. The first-order chi connectivity index (χ1) is 12.2. The number of ether oxygens (including phenoxy) is 1. The van der Waals surface area contributed by atoms with Crippen molar-refractivity contribution in [3.63, 3.8) is 0 Å². The van der Waals surface area contributed by atoms with Crippen LogP contribution in [0.1, 0.15) is 22.8 Å². The average Bonchev–Trinajstić information content (AvgIpc) is 2.67. The van der Waals surface area contributed by atoms with Gasteiger partial charge in [0.2, 0.25) is 0 Å². The maximum atomic E-state index is 9.80. The molecule has 0 saturated carbocycles. The van der Waals surface area contributed by atoms with Crippen LogP contribution in [-0.4, -0.2) is 20.0 Å². The lowest BCUT2D eigenvalue weighted by molar-refractivity contribution is 0.260. The third-order valence-electron chi connectivity index (χ3n) is 4.63. The molecular weight excluding hydrogens is 306 g/mol. The first-order valence-corrected chi connectivity index (χ1v) is 8.60. The van der Waals surface area contributed by atoms with Crippen molar-refractivity contribution >= 4 is 32.0 Å². The second-order valence-electron chi connectivity index (χ2n) is 6.28. The SMILES string of the molecule is BBc1ccc(C2Oc3cc(O)ccc3C=C2c2ccccc2)cc1. The van der Waals surface area contributed by atoms with E-state index in [1.807, 2.05) is 24.3 Å². The van der Waals surface area contributed by atoms with Crippen LogP contribution in [-0.2, 0) is 0 Å². The summed E-state index contributed by atoms with van der Waals surface area (Å²) in [6.07, 6.45) is 1.97. The predicted octanol–water partition coefficient (Wildman–Crippen LogP) is 2.68. The molecule has 1 N–H and O–H groups in total. The third-order valence-corrected chi connectivity index (χ3v) is 4.63. The summed E-state index contributed by atoms with van der Waals surface area (Å²) in [5.74, 6) is 0.930. The summed E-state index contributed by atoms with van der Waals surface area (Å²) in [5.41, 5.74) is 5.68. The molecule has 0 bridgehead atoms. The maximum Gasteiger partial charge on any atom is 0.149 e. The summed E-state index contributed by atoms with van der Waals surface area (Å²) >= 11 is 0. The van der Waals surface area contributed by atoms with Crippen molar-refractivity contribution < 1.29 is 9.84 Å². The summed E-state index contributed by atoms with van der Waals surface area (Å²) in [4.78, 5) is 0. The lowest BCUT2D eigenvalue weighted by atomic mass is 9.51. The largest absolute Gasteiger partial charge is 0.508 e. The van der Waals surface area contributed by atoms with Crippen LogP contribution >= 0.6 is 0 Å². The third kappa shape index (κ3) is 3.08. The highest BCUT2D eigenvalue weighted by molar-refractivity contribution is 6.97. The van der Waals surface area contributed by atoms with Gasteiger partial charge >= 0.3 is 0 Å². The highest BCUT2D eigenvalue weighted by atomic mass is 16.5. The number of phenols is 1. The Balaban J connectivity index is 1.83. The molecule has 0 saturated heterocycles. The number of aromatic hydroxyl groups is 1. The second-order valence-corrected chi connectivity index (χ2v) is 6.28. The number of rotatable bonds is 3. The van der Waals surface area contributed by atoms with Gasteiger partial charge in [-0.15, -0.1) is 0 Å². The van der Waals surface area contributed by atoms with E-state index in [0.717, 1.165) is 29.4 Å².